The van der Waals surface area contributed by atoms with Crippen LogP contribution in [0.25, 0.3) is 0 Å². The molecule has 0 unspecified atom stereocenters. The van der Waals surface area contributed by atoms with Gasteiger partial charge in [-0.15, -0.1) is 0 Å². The maximum Gasteiger partial charge on any atom is 0.494 e. The van der Waals surface area contributed by atoms with Gasteiger partial charge in [0.1, 0.15) is 5.75 Å². The number of nitrogen functional groups attached to an aromatic ring is 1. The lowest BCUT2D eigenvalue weighted by Gasteiger charge is -2.32. The van der Waals surface area contributed by atoms with Crippen molar-refractivity contribution in [3.05, 3.63) is 135 Å². The molecule has 78 heavy (non-hydrogen) atoms. The van der Waals surface area contributed by atoms with Gasteiger partial charge in [-0.1, -0.05) is 95.9 Å². The van der Waals surface area contributed by atoms with Gasteiger partial charge in [0.05, 0.1) is 123 Å². The van der Waals surface area contributed by atoms with Crippen LogP contribution in [0, 0.1) is 10.1 Å². The molecule has 5 saturated heterocycles. The number of anilines is 5. The number of nitrogens with zero attached hydrogens (tertiary/aromatic N) is 5. The Morgan fingerprint density at radius 3 is 1.27 bits per heavy atom. The van der Waals surface area contributed by atoms with Crippen LogP contribution < -0.4 is 35.5 Å². The van der Waals surface area contributed by atoms with Crippen LogP contribution in [0.3, 0.4) is 0 Å². The number of halogens is 7. The summed E-state index contributed by atoms with van der Waals surface area (Å²) >= 11 is 37.4. The second-order valence-electron chi connectivity index (χ2n) is 19.6. The number of benzene rings is 5. The lowest BCUT2D eigenvalue weighted by molar-refractivity contribution is -0.384. The van der Waals surface area contributed by atoms with Gasteiger partial charge < -0.3 is 58.3 Å². The van der Waals surface area contributed by atoms with E-state index in [2.05, 4.69) is 79.2 Å². The summed E-state index contributed by atoms with van der Waals surface area (Å²) in [7, 11) is -0.374. The fourth-order valence-electron chi connectivity index (χ4n) is 8.33. The van der Waals surface area contributed by atoms with E-state index in [0.717, 1.165) is 145 Å². The molecule has 0 amide bonds. The van der Waals surface area contributed by atoms with Crippen molar-refractivity contribution in [2.24, 2.45) is 0 Å². The van der Waals surface area contributed by atoms with Crippen molar-refractivity contribution < 1.29 is 37.9 Å². The highest BCUT2D eigenvalue weighted by molar-refractivity contribution is 9.10. The average molecular weight is 1310 g/mol. The van der Waals surface area contributed by atoms with Crippen LogP contribution >= 0.6 is 89.9 Å². The molecule has 23 heteroatoms. The zero-order valence-electron chi connectivity index (χ0n) is 44.8. The molecule has 5 fully saturated rings. The van der Waals surface area contributed by atoms with Gasteiger partial charge in [-0.05, 0) is 120 Å². The van der Waals surface area contributed by atoms with Crippen LogP contribution in [0.1, 0.15) is 41.5 Å². The minimum Gasteiger partial charge on any atom is -0.489 e. The number of rotatable bonds is 8. The second kappa shape index (κ2) is 30.6. The van der Waals surface area contributed by atoms with Gasteiger partial charge in [0.15, 0.2) is 0 Å². The van der Waals surface area contributed by atoms with E-state index in [0.29, 0.717) is 34.0 Å². The fraction of sp³-hybridized carbons (Fsp3) is 0.455. The summed E-state index contributed by atoms with van der Waals surface area (Å²) in [5, 5.41) is 13.8. The lowest BCUT2D eigenvalue weighted by Crippen LogP contribution is -2.41. The van der Waals surface area contributed by atoms with Crippen LogP contribution in [0.15, 0.2) is 99.9 Å². The summed E-state index contributed by atoms with van der Waals surface area (Å²) in [5.41, 5.74) is 10.6. The predicted octanol–water partition coefficient (Wildman–Crippen LogP) is 13.1. The van der Waals surface area contributed by atoms with E-state index in [1.807, 2.05) is 80.6 Å². The van der Waals surface area contributed by atoms with Crippen molar-refractivity contribution in [2.45, 2.75) is 58.8 Å². The zero-order valence-corrected chi connectivity index (χ0v) is 51.7. The van der Waals surface area contributed by atoms with Gasteiger partial charge in [0.2, 0.25) is 0 Å². The van der Waals surface area contributed by atoms with Crippen LogP contribution in [0.4, 0.5) is 34.1 Å². The summed E-state index contributed by atoms with van der Waals surface area (Å²) in [4.78, 5) is 18.9. The number of hydrogen-bond donors (Lipinski definition) is 1. The molecule has 5 aliphatic heterocycles. The SMILES string of the molecule is CC(C)Oc1ccc(Br)cc1Cl.CC1(C)OB(c2ccc(N3CCOCC3)c(Cl)c2)OC1(C)C.Clc1cc(Br)ccc1N1CCOCC1.Nc1ccc(N2CCOCC2)c(Cl)c1.O=[N+]([O-])c1ccc(N2CCOCC2)c(Cl)c1. The largest absolute Gasteiger partial charge is 0.494 e. The van der Waals surface area contributed by atoms with Gasteiger partial charge in [0.25, 0.3) is 5.69 Å². The van der Waals surface area contributed by atoms with E-state index in [4.69, 9.17) is 96.7 Å². The fourth-order valence-corrected chi connectivity index (χ4v) is 10.8. The van der Waals surface area contributed by atoms with Gasteiger partial charge >= 0.3 is 7.12 Å². The van der Waals surface area contributed by atoms with Crippen molar-refractivity contribution in [2.75, 3.05) is 131 Å². The topological polar surface area (TPSA) is 147 Å². The minimum absolute atomic E-state index is 0.0157. The predicted molar refractivity (Wildman–Crippen MR) is 327 cm³/mol. The molecule has 0 spiro atoms. The standard InChI is InChI=1S/C16H23BClNO3.C10H11BrClNO.C10H11ClN2O3.C10H13ClN2O.C9H10BrClO/c1-15(2)16(3,4)22-17(21-15)12-5-6-14(13(18)11-12)19-7-9-20-10-8-19;11-8-1-2-10(9(12)7-8)13-3-5-14-6-4-13;11-9-7-8(13(14)15)1-2-10(9)12-3-5-16-6-4-12;11-9-7-8(12)1-2-10(9)13-3-5-14-6-4-13;1-6(2)12-9-4-3-7(10)5-8(9)11/h5-6,11H,7-10H2,1-4H3;1-2,7H,3-6H2;1-2,7H,3-6H2;1-2,7H,3-6,12H2;3-6H,1-2H3. The first kappa shape index (κ1) is 63.7. The highest BCUT2D eigenvalue weighted by Gasteiger charge is 2.51. The van der Waals surface area contributed by atoms with Gasteiger partial charge in [-0.2, -0.15) is 0 Å². The van der Waals surface area contributed by atoms with E-state index in [9.17, 15) is 10.1 Å². The number of morpholine rings is 4. The molecule has 0 atom stereocenters. The number of nitro benzene ring substituents is 1. The maximum absolute atomic E-state index is 10.6. The normalized spacial score (nSPS) is 17.8. The summed E-state index contributed by atoms with van der Waals surface area (Å²) < 4.78 is 40.8. The Hall–Kier alpha value is -3.47. The van der Waals surface area contributed by atoms with Crippen LogP contribution in [-0.2, 0) is 28.3 Å². The first-order chi connectivity index (χ1) is 37.1. The third-order valence-corrected chi connectivity index (χ3v) is 15.7. The van der Waals surface area contributed by atoms with Crippen molar-refractivity contribution in [3.63, 3.8) is 0 Å². The summed E-state index contributed by atoms with van der Waals surface area (Å²) in [6.07, 6.45) is 0.156. The highest BCUT2D eigenvalue weighted by Crippen LogP contribution is 2.38. The number of hydrogen-bond acceptors (Lipinski definition) is 14. The Kier molecular flexibility index (Phi) is 25.0. The molecule has 0 radical (unpaired) electrons. The Balaban J connectivity index is 0.000000160. The molecule has 424 valence electrons. The quantitative estimate of drug-likeness (QED) is 0.0680. The third kappa shape index (κ3) is 18.8. The molecular weight excluding hydrogens is 1240 g/mol. The number of non-ortho nitro benzene ring substituents is 1. The van der Waals surface area contributed by atoms with Crippen molar-refractivity contribution >= 4 is 137 Å². The number of ether oxygens (including phenoxy) is 5. The summed E-state index contributed by atoms with van der Waals surface area (Å²) in [6, 6.07) is 27.7. The van der Waals surface area contributed by atoms with E-state index in [1.54, 1.807) is 12.1 Å². The summed E-state index contributed by atoms with van der Waals surface area (Å²) in [5.74, 6) is 0.731. The molecule has 0 saturated carbocycles. The average Bonchev–Trinajstić information content (AvgIpc) is 3.69. The van der Waals surface area contributed by atoms with E-state index < -0.39 is 4.92 Å². The molecule has 5 heterocycles. The van der Waals surface area contributed by atoms with E-state index in [1.165, 1.54) is 12.1 Å². The smallest absolute Gasteiger partial charge is 0.489 e. The Labute approximate surface area is 501 Å². The molecule has 5 aliphatic rings. The Bertz CT molecular complexity index is 2650. The first-order valence-corrected chi connectivity index (χ1v) is 29.1. The van der Waals surface area contributed by atoms with Gasteiger partial charge in [0, 0.05) is 79.1 Å². The monoisotopic (exact) mass is 1300 g/mol. The van der Waals surface area contributed by atoms with Crippen molar-refractivity contribution in [3.8, 4) is 5.75 Å². The Morgan fingerprint density at radius 1 is 0.538 bits per heavy atom. The molecule has 0 bridgehead atoms. The molecule has 15 nitrogen and oxygen atoms in total. The molecule has 10 rings (SSSR count). The third-order valence-electron chi connectivity index (χ3n) is 13.2. The van der Waals surface area contributed by atoms with Crippen molar-refractivity contribution in [1.29, 1.82) is 0 Å². The maximum atomic E-state index is 10.6. The highest BCUT2D eigenvalue weighted by atomic mass is 79.9. The molecule has 0 aliphatic carbocycles. The molecule has 2 N–H and O–H groups in total. The van der Waals surface area contributed by atoms with Gasteiger partial charge in [-0.25, -0.2) is 0 Å². The van der Waals surface area contributed by atoms with E-state index in [-0.39, 0.29) is 30.1 Å². The molecule has 0 aromatic heterocycles. The second-order valence-corrected chi connectivity index (χ2v) is 23.5. The molecular formula is C55H68BBr2Cl5N6O9. The number of nitrogens with two attached hydrogens (primary N) is 1. The zero-order chi connectivity index (χ0) is 56.6. The van der Waals surface area contributed by atoms with Crippen molar-refractivity contribution in [1.82, 2.24) is 0 Å². The van der Waals surface area contributed by atoms with Crippen LogP contribution in [0.2, 0.25) is 25.1 Å². The lowest BCUT2D eigenvalue weighted by atomic mass is 9.79. The molecule has 5 aromatic rings. The minimum atomic E-state index is -0.449. The summed E-state index contributed by atoms with van der Waals surface area (Å²) in [6.45, 7) is 24.9. The first-order valence-electron chi connectivity index (χ1n) is 25.6. The van der Waals surface area contributed by atoms with Crippen LogP contribution in [-0.4, -0.2) is 135 Å². The number of nitro groups is 1. The van der Waals surface area contributed by atoms with E-state index >= 15 is 0 Å². The van der Waals surface area contributed by atoms with Gasteiger partial charge in [-0.3, -0.25) is 10.1 Å². The molecule has 5 aromatic carbocycles. The van der Waals surface area contributed by atoms with Crippen LogP contribution in [0.5, 0.6) is 5.75 Å². The Morgan fingerprint density at radius 2 is 0.897 bits per heavy atom.